The van der Waals surface area contributed by atoms with Crippen LogP contribution in [0.4, 0.5) is 10.7 Å². The average Bonchev–Trinajstić information content (AvgIpc) is 2.44. The van der Waals surface area contributed by atoms with Crippen LogP contribution in [0.25, 0.3) is 0 Å². The highest BCUT2D eigenvalue weighted by atomic mass is 16.6. The van der Waals surface area contributed by atoms with E-state index in [1.165, 1.54) is 12.4 Å². The highest BCUT2D eigenvalue weighted by Crippen LogP contribution is 2.20. The zero-order valence-corrected chi connectivity index (χ0v) is 13.4. The maximum absolute atomic E-state index is 11.7. The Balaban J connectivity index is 1.83. The molecule has 22 heavy (non-hydrogen) atoms. The van der Waals surface area contributed by atoms with Gasteiger partial charge in [-0.05, 0) is 39.5 Å². The summed E-state index contributed by atoms with van der Waals surface area (Å²) < 4.78 is 5.24. The van der Waals surface area contributed by atoms with Crippen LogP contribution in [0.3, 0.4) is 0 Å². The van der Waals surface area contributed by atoms with Gasteiger partial charge in [0.15, 0.2) is 5.75 Å². The lowest BCUT2D eigenvalue weighted by atomic mass is 9.98. The maximum Gasteiger partial charge on any atom is 0.407 e. The van der Waals surface area contributed by atoms with Crippen LogP contribution in [0.2, 0.25) is 0 Å². The van der Waals surface area contributed by atoms with Gasteiger partial charge in [0.25, 0.3) is 0 Å². The number of ether oxygens (including phenoxy) is 1. The number of aromatic nitrogens is 2. The Bertz CT molecular complexity index is 499. The van der Waals surface area contributed by atoms with E-state index in [0.29, 0.717) is 18.4 Å². The zero-order valence-electron chi connectivity index (χ0n) is 13.4. The van der Waals surface area contributed by atoms with Gasteiger partial charge >= 0.3 is 6.09 Å². The molecule has 0 unspecified atom stereocenters. The molecule has 122 valence electrons. The predicted octanol–water partition coefficient (Wildman–Crippen LogP) is 1.92. The second-order valence-corrected chi connectivity index (χ2v) is 6.58. The summed E-state index contributed by atoms with van der Waals surface area (Å²) in [6.07, 6.45) is 4.47. The van der Waals surface area contributed by atoms with Crippen molar-refractivity contribution in [3.63, 3.8) is 0 Å². The summed E-state index contributed by atoms with van der Waals surface area (Å²) in [5.41, 5.74) is -0.484. The summed E-state index contributed by atoms with van der Waals surface area (Å²) in [6, 6.07) is 0. The van der Waals surface area contributed by atoms with Gasteiger partial charge in [-0.25, -0.2) is 14.8 Å². The van der Waals surface area contributed by atoms with E-state index in [2.05, 4.69) is 20.2 Å². The summed E-state index contributed by atoms with van der Waals surface area (Å²) in [4.78, 5) is 22.0. The first kappa shape index (κ1) is 16.3. The number of amides is 1. The first-order chi connectivity index (χ1) is 10.3. The largest absolute Gasteiger partial charge is 0.505 e. The molecule has 7 heteroatoms. The van der Waals surface area contributed by atoms with Gasteiger partial charge < -0.3 is 20.1 Å². The Morgan fingerprint density at radius 2 is 2.14 bits per heavy atom. The first-order valence-corrected chi connectivity index (χ1v) is 7.56. The number of carbonyl (C=O) groups is 1. The van der Waals surface area contributed by atoms with Crippen LogP contribution in [0.15, 0.2) is 12.4 Å². The molecule has 2 N–H and O–H groups in total. The Labute approximate surface area is 130 Å². The fourth-order valence-corrected chi connectivity index (χ4v) is 2.43. The van der Waals surface area contributed by atoms with Crippen molar-refractivity contribution in [2.75, 3.05) is 24.5 Å². The van der Waals surface area contributed by atoms with Crippen LogP contribution in [0.5, 0.6) is 5.75 Å². The van der Waals surface area contributed by atoms with Crippen molar-refractivity contribution in [3.8, 4) is 5.75 Å². The van der Waals surface area contributed by atoms with Crippen LogP contribution < -0.4 is 10.2 Å². The van der Waals surface area contributed by atoms with Gasteiger partial charge in [0, 0.05) is 19.6 Å². The third-order valence-electron chi connectivity index (χ3n) is 3.36. The van der Waals surface area contributed by atoms with Crippen molar-refractivity contribution in [1.82, 2.24) is 15.3 Å². The zero-order chi connectivity index (χ0) is 16.2. The van der Waals surface area contributed by atoms with Crippen LogP contribution in [0.1, 0.15) is 33.6 Å². The topological polar surface area (TPSA) is 87.6 Å². The molecule has 1 aromatic rings. The fraction of sp³-hybridized carbons (Fsp3) is 0.667. The summed E-state index contributed by atoms with van der Waals surface area (Å²) in [6.45, 7) is 7.77. The molecule has 0 aliphatic carbocycles. The van der Waals surface area contributed by atoms with Crippen LogP contribution in [-0.2, 0) is 4.74 Å². The van der Waals surface area contributed by atoms with Crippen molar-refractivity contribution in [3.05, 3.63) is 12.4 Å². The van der Waals surface area contributed by atoms with Gasteiger partial charge in [0.05, 0.1) is 12.4 Å². The Hall–Kier alpha value is -2.05. The van der Waals surface area contributed by atoms with E-state index in [4.69, 9.17) is 4.74 Å². The molecule has 7 nitrogen and oxygen atoms in total. The number of hydrogen-bond acceptors (Lipinski definition) is 6. The van der Waals surface area contributed by atoms with Crippen molar-refractivity contribution < 1.29 is 14.6 Å². The molecule has 0 radical (unpaired) electrons. The highest BCUT2D eigenvalue weighted by Gasteiger charge is 2.23. The standard InChI is InChI=1S/C15H24N4O3/c1-15(2,3)22-14(21)18-7-11-5-4-6-19(10-11)13-16-8-12(20)9-17-13/h8-9,11,20H,4-7,10H2,1-3H3,(H,18,21)/t11-/m0/s1. The second-order valence-electron chi connectivity index (χ2n) is 6.58. The molecule has 2 rings (SSSR count). The monoisotopic (exact) mass is 308 g/mol. The van der Waals surface area contributed by atoms with E-state index >= 15 is 0 Å². The second kappa shape index (κ2) is 6.81. The fourth-order valence-electron chi connectivity index (χ4n) is 2.43. The molecule has 0 aromatic carbocycles. The smallest absolute Gasteiger partial charge is 0.407 e. The molecule has 1 saturated heterocycles. The normalized spacial score (nSPS) is 18.9. The van der Waals surface area contributed by atoms with Crippen LogP contribution >= 0.6 is 0 Å². The van der Waals surface area contributed by atoms with E-state index in [1.807, 2.05) is 20.8 Å². The highest BCUT2D eigenvalue weighted by molar-refractivity contribution is 5.67. The molecule has 0 saturated carbocycles. The molecular weight excluding hydrogens is 284 g/mol. The number of nitrogens with one attached hydrogen (secondary N) is 1. The minimum atomic E-state index is -0.484. The molecular formula is C15H24N4O3. The number of nitrogens with zero attached hydrogens (tertiary/aromatic N) is 3. The van der Waals surface area contributed by atoms with E-state index < -0.39 is 5.60 Å². The van der Waals surface area contributed by atoms with E-state index in [-0.39, 0.29) is 11.8 Å². The van der Waals surface area contributed by atoms with Gasteiger partial charge in [0.1, 0.15) is 5.60 Å². The number of anilines is 1. The van der Waals surface area contributed by atoms with Crippen molar-refractivity contribution in [2.24, 2.45) is 5.92 Å². The molecule has 1 amide bonds. The van der Waals surface area contributed by atoms with Crippen molar-refractivity contribution in [1.29, 1.82) is 0 Å². The van der Waals surface area contributed by atoms with E-state index in [1.54, 1.807) is 0 Å². The van der Waals surface area contributed by atoms with Crippen molar-refractivity contribution in [2.45, 2.75) is 39.2 Å². The van der Waals surface area contributed by atoms with Crippen molar-refractivity contribution >= 4 is 12.0 Å². The molecule has 1 aliphatic rings. The number of alkyl carbamates (subject to hydrolysis) is 1. The Kier molecular flexibility index (Phi) is 5.05. The lowest BCUT2D eigenvalue weighted by Gasteiger charge is -2.32. The summed E-state index contributed by atoms with van der Waals surface area (Å²) in [7, 11) is 0. The predicted molar refractivity (Wildman–Crippen MR) is 82.9 cm³/mol. The van der Waals surface area contributed by atoms with E-state index in [9.17, 15) is 9.90 Å². The molecule has 1 aromatic heterocycles. The third-order valence-corrected chi connectivity index (χ3v) is 3.36. The molecule has 1 fully saturated rings. The maximum atomic E-state index is 11.7. The lowest BCUT2D eigenvalue weighted by Crippen LogP contribution is -2.42. The molecule has 1 atom stereocenters. The van der Waals surface area contributed by atoms with Crippen LogP contribution in [0, 0.1) is 5.92 Å². The number of aromatic hydroxyl groups is 1. The minimum Gasteiger partial charge on any atom is -0.505 e. The third kappa shape index (κ3) is 5.05. The van der Waals surface area contributed by atoms with Gasteiger partial charge in [0.2, 0.25) is 5.95 Å². The number of carbonyl (C=O) groups excluding carboxylic acids is 1. The molecule has 0 bridgehead atoms. The SMILES string of the molecule is CC(C)(C)OC(=O)NC[C@@H]1CCCN(c2ncc(O)cn2)C1. The molecule has 1 aliphatic heterocycles. The van der Waals surface area contributed by atoms with Gasteiger partial charge in [-0.15, -0.1) is 0 Å². The Morgan fingerprint density at radius 1 is 1.45 bits per heavy atom. The minimum absolute atomic E-state index is 0.0592. The van der Waals surface area contributed by atoms with Gasteiger partial charge in [-0.3, -0.25) is 0 Å². The number of rotatable bonds is 3. The van der Waals surface area contributed by atoms with E-state index in [0.717, 1.165) is 25.9 Å². The quantitative estimate of drug-likeness (QED) is 0.887. The summed E-state index contributed by atoms with van der Waals surface area (Å²) in [5, 5.41) is 12.1. The average molecular weight is 308 g/mol. The number of hydrogen-bond donors (Lipinski definition) is 2. The lowest BCUT2D eigenvalue weighted by molar-refractivity contribution is 0.0517. The first-order valence-electron chi connectivity index (χ1n) is 7.56. The summed E-state index contributed by atoms with van der Waals surface area (Å²) >= 11 is 0. The van der Waals surface area contributed by atoms with Crippen LogP contribution in [-0.4, -0.2) is 46.4 Å². The number of piperidine rings is 1. The summed E-state index contributed by atoms with van der Waals surface area (Å²) in [5.74, 6) is 1.00. The molecule has 2 heterocycles. The van der Waals surface area contributed by atoms with Gasteiger partial charge in [-0.1, -0.05) is 0 Å². The van der Waals surface area contributed by atoms with Gasteiger partial charge in [-0.2, -0.15) is 0 Å². The Morgan fingerprint density at radius 3 is 2.77 bits per heavy atom. The molecule has 0 spiro atoms.